The highest BCUT2D eigenvalue weighted by molar-refractivity contribution is 7.14. The van der Waals surface area contributed by atoms with Gasteiger partial charge in [0.15, 0.2) is 5.13 Å². The second-order valence-electron chi connectivity index (χ2n) is 3.55. The Morgan fingerprint density at radius 3 is 2.89 bits per heavy atom. The van der Waals surface area contributed by atoms with E-state index in [-0.39, 0.29) is 12.3 Å². The fourth-order valence-corrected chi connectivity index (χ4v) is 2.39. The maximum absolute atomic E-state index is 11.3. The molecule has 2 rings (SSSR count). The van der Waals surface area contributed by atoms with Gasteiger partial charge >= 0.3 is 0 Å². The smallest absolute Gasteiger partial charge is 0.240 e. The number of aromatic nitrogens is 1. The minimum Gasteiger partial charge on any atom is -0.301 e. The molecular formula is C12H7Cl2N3OS. The molecule has 0 atom stereocenters. The maximum Gasteiger partial charge on any atom is 0.240 e. The van der Waals surface area contributed by atoms with Crippen molar-refractivity contribution < 1.29 is 4.79 Å². The SMILES string of the molecule is N#CCC(=O)Nc1nc(-c2ccc(Cl)c(Cl)c2)cs1. The first-order valence-corrected chi connectivity index (χ1v) is 6.81. The average Bonchev–Trinajstić information content (AvgIpc) is 2.81. The maximum atomic E-state index is 11.3. The molecule has 0 fully saturated rings. The Kier molecular flexibility index (Phi) is 4.38. The monoisotopic (exact) mass is 311 g/mol. The largest absolute Gasteiger partial charge is 0.301 e. The number of halogens is 2. The van der Waals surface area contributed by atoms with Crippen LogP contribution in [0.4, 0.5) is 5.13 Å². The molecule has 0 unspecified atom stereocenters. The molecule has 0 spiro atoms. The van der Waals surface area contributed by atoms with Crippen molar-refractivity contribution in [3.63, 3.8) is 0 Å². The molecule has 0 bridgehead atoms. The summed E-state index contributed by atoms with van der Waals surface area (Å²) < 4.78 is 0. The van der Waals surface area contributed by atoms with Crippen molar-refractivity contribution in [3.8, 4) is 17.3 Å². The van der Waals surface area contributed by atoms with Crippen molar-refractivity contribution in [2.45, 2.75) is 6.42 Å². The molecule has 1 aromatic heterocycles. The molecule has 0 saturated carbocycles. The van der Waals surface area contributed by atoms with Crippen LogP contribution >= 0.6 is 34.5 Å². The number of hydrogen-bond donors (Lipinski definition) is 1. The van der Waals surface area contributed by atoms with Crippen LogP contribution in [0.2, 0.25) is 10.0 Å². The van der Waals surface area contributed by atoms with E-state index < -0.39 is 0 Å². The van der Waals surface area contributed by atoms with Gasteiger partial charge in [0, 0.05) is 10.9 Å². The predicted octanol–water partition coefficient (Wildman–Crippen LogP) is 3.97. The van der Waals surface area contributed by atoms with Gasteiger partial charge in [0.25, 0.3) is 0 Å². The molecule has 0 radical (unpaired) electrons. The fourth-order valence-electron chi connectivity index (χ4n) is 1.35. The van der Waals surface area contributed by atoms with Gasteiger partial charge < -0.3 is 5.32 Å². The summed E-state index contributed by atoms with van der Waals surface area (Å²) in [5, 5.41) is 14.1. The molecule has 96 valence electrons. The number of benzene rings is 1. The fraction of sp³-hybridized carbons (Fsp3) is 0.0833. The Balaban J connectivity index is 2.19. The van der Waals surface area contributed by atoms with Crippen molar-refractivity contribution in [2.75, 3.05) is 5.32 Å². The van der Waals surface area contributed by atoms with Gasteiger partial charge in [0.2, 0.25) is 5.91 Å². The van der Waals surface area contributed by atoms with E-state index in [1.807, 2.05) is 0 Å². The van der Waals surface area contributed by atoms with Gasteiger partial charge in [-0.15, -0.1) is 11.3 Å². The Bertz CT molecular complexity index is 663. The lowest BCUT2D eigenvalue weighted by atomic mass is 10.2. The molecule has 0 aliphatic carbocycles. The standard InChI is InChI=1S/C12H7Cl2N3OS/c13-8-2-1-7(5-9(8)14)10-6-19-12(16-10)17-11(18)3-4-15/h1-2,5-6H,3H2,(H,16,17,18). The lowest BCUT2D eigenvalue weighted by molar-refractivity contribution is -0.115. The summed E-state index contributed by atoms with van der Waals surface area (Å²) in [5.41, 5.74) is 1.50. The number of carbonyl (C=O) groups excluding carboxylic acids is 1. The molecule has 19 heavy (non-hydrogen) atoms. The minimum absolute atomic E-state index is 0.193. The molecule has 0 aliphatic rings. The Labute approximate surface area is 123 Å². The van der Waals surface area contributed by atoms with E-state index in [0.29, 0.717) is 20.9 Å². The quantitative estimate of drug-likeness (QED) is 0.932. The number of anilines is 1. The molecular weight excluding hydrogens is 305 g/mol. The number of amides is 1. The molecule has 1 aromatic carbocycles. The van der Waals surface area contributed by atoms with Crippen molar-refractivity contribution in [1.29, 1.82) is 5.26 Å². The normalized spacial score (nSPS) is 9.95. The van der Waals surface area contributed by atoms with Gasteiger partial charge in [-0.2, -0.15) is 5.26 Å². The van der Waals surface area contributed by atoms with Crippen LogP contribution in [0.1, 0.15) is 6.42 Å². The zero-order valence-corrected chi connectivity index (χ0v) is 11.8. The summed E-state index contributed by atoms with van der Waals surface area (Å²) in [6.45, 7) is 0. The van der Waals surface area contributed by atoms with Crippen LogP contribution in [0.5, 0.6) is 0 Å². The summed E-state index contributed by atoms with van der Waals surface area (Å²) in [6.07, 6.45) is -0.193. The van der Waals surface area contributed by atoms with Crippen molar-refractivity contribution in [1.82, 2.24) is 4.98 Å². The third kappa shape index (κ3) is 3.44. The molecule has 7 heteroatoms. The highest BCUT2D eigenvalue weighted by Crippen LogP contribution is 2.30. The zero-order chi connectivity index (χ0) is 13.8. The van der Waals surface area contributed by atoms with E-state index in [9.17, 15) is 4.79 Å². The third-order valence-electron chi connectivity index (χ3n) is 2.21. The van der Waals surface area contributed by atoms with Crippen LogP contribution in [-0.2, 0) is 4.79 Å². The van der Waals surface area contributed by atoms with Crippen LogP contribution in [-0.4, -0.2) is 10.9 Å². The summed E-state index contributed by atoms with van der Waals surface area (Å²) in [7, 11) is 0. The van der Waals surface area contributed by atoms with Crippen LogP contribution in [0.15, 0.2) is 23.6 Å². The van der Waals surface area contributed by atoms with Gasteiger partial charge in [-0.05, 0) is 12.1 Å². The first-order chi connectivity index (χ1) is 9.10. The molecule has 1 N–H and O–H groups in total. The van der Waals surface area contributed by atoms with Crippen molar-refractivity contribution in [2.24, 2.45) is 0 Å². The second kappa shape index (κ2) is 6.02. The van der Waals surface area contributed by atoms with Gasteiger partial charge in [0.05, 0.1) is 21.8 Å². The molecule has 2 aromatic rings. The molecule has 4 nitrogen and oxygen atoms in total. The highest BCUT2D eigenvalue weighted by Gasteiger charge is 2.09. The number of nitrogens with one attached hydrogen (secondary N) is 1. The predicted molar refractivity (Wildman–Crippen MR) is 76.4 cm³/mol. The lowest BCUT2D eigenvalue weighted by Crippen LogP contribution is -2.09. The van der Waals surface area contributed by atoms with Crippen LogP contribution in [0.25, 0.3) is 11.3 Å². The number of nitrogens with zero attached hydrogens (tertiary/aromatic N) is 2. The van der Waals surface area contributed by atoms with E-state index in [2.05, 4.69) is 10.3 Å². The van der Waals surface area contributed by atoms with E-state index in [0.717, 1.165) is 5.56 Å². The molecule has 0 aliphatic heterocycles. The van der Waals surface area contributed by atoms with Gasteiger partial charge in [-0.25, -0.2) is 4.98 Å². The minimum atomic E-state index is -0.377. The number of thiazole rings is 1. The second-order valence-corrected chi connectivity index (χ2v) is 5.22. The number of hydrogen-bond acceptors (Lipinski definition) is 4. The lowest BCUT2D eigenvalue weighted by Gasteiger charge is -1.99. The number of nitriles is 1. The molecule has 0 saturated heterocycles. The summed E-state index contributed by atoms with van der Waals surface area (Å²) in [5.74, 6) is -0.377. The number of rotatable bonds is 3. The first kappa shape index (κ1) is 13.8. The zero-order valence-electron chi connectivity index (χ0n) is 9.48. The number of carbonyl (C=O) groups is 1. The van der Waals surface area contributed by atoms with E-state index in [1.54, 1.807) is 29.6 Å². The first-order valence-electron chi connectivity index (χ1n) is 5.18. The Morgan fingerprint density at radius 1 is 1.42 bits per heavy atom. The summed E-state index contributed by atoms with van der Waals surface area (Å²) in [6, 6.07) is 6.96. The Morgan fingerprint density at radius 2 is 2.21 bits per heavy atom. The average molecular weight is 312 g/mol. The van der Waals surface area contributed by atoms with Gasteiger partial charge in [0.1, 0.15) is 6.42 Å². The Hall–Kier alpha value is -1.61. The van der Waals surface area contributed by atoms with Crippen molar-refractivity contribution >= 4 is 45.6 Å². The van der Waals surface area contributed by atoms with Crippen molar-refractivity contribution in [3.05, 3.63) is 33.6 Å². The highest BCUT2D eigenvalue weighted by atomic mass is 35.5. The summed E-state index contributed by atoms with van der Waals surface area (Å²) in [4.78, 5) is 15.5. The van der Waals surface area contributed by atoms with Crippen LogP contribution in [0.3, 0.4) is 0 Å². The van der Waals surface area contributed by atoms with Gasteiger partial charge in [-0.1, -0.05) is 29.3 Å². The summed E-state index contributed by atoms with van der Waals surface area (Å²) >= 11 is 13.1. The molecule has 1 heterocycles. The van der Waals surface area contributed by atoms with E-state index >= 15 is 0 Å². The molecule has 1 amide bonds. The van der Waals surface area contributed by atoms with Crippen LogP contribution in [0, 0.1) is 11.3 Å². The van der Waals surface area contributed by atoms with E-state index in [1.165, 1.54) is 11.3 Å². The van der Waals surface area contributed by atoms with E-state index in [4.69, 9.17) is 28.5 Å². The topological polar surface area (TPSA) is 65.8 Å². The van der Waals surface area contributed by atoms with Gasteiger partial charge in [-0.3, -0.25) is 4.79 Å². The van der Waals surface area contributed by atoms with Crippen LogP contribution < -0.4 is 5.32 Å². The third-order valence-corrected chi connectivity index (χ3v) is 3.70.